The van der Waals surface area contributed by atoms with Gasteiger partial charge in [-0.05, 0) is 11.6 Å². The molecule has 0 aliphatic carbocycles. The summed E-state index contributed by atoms with van der Waals surface area (Å²) in [5.74, 6) is 0.399. The van der Waals surface area contributed by atoms with E-state index in [9.17, 15) is 8.42 Å². The average Bonchev–Trinajstić information content (AvgIpc) is 2.89. The standard InChI is InChI=1S/C10H12O4S/c1-15(11,12)14-10-5-3-2-4-8(10)6-9-7-13-9/h2-5,9H,6-7H2,1H3. The second kappa shape index (κ2) is 3.83. The number of ether oxygens (including phenoxy) is 1. The van der Waals surface area contributed by atoms with Gasteiger partial charge in [0.2, 0.25) is 0 Å². The molecule has 0 radical (unpaired) electrons. The average molecular weight is 228 g/mol. The van der Waals surface area contributed by atoms with Crippen LogP contribution in [0.1, 0.15) is 5.56 Å². The van der Waals surface area contributed by atoms with Crippen molar-refractivity contribution in [3.63, 3.8) is 0 Å². The maximum Gasteiger partial charge on any atom is 0.306 e. The Morgan fingerprint density at radius 3 is 2.73 bits per heavy atom. The maximum absolute atomic E-state index is 11.0. The molecule has 1 aromatic carbocycles. The van der Waals surface area contributed by atoms with Gasteiger partial charge in [0.05, 0.1) is 19.0 Å². The molecule has 1 unspecified atom stereocenters. The topological polar surface area (TPSA) is 55.9 Å². The van der Waals surface area contributed by atoms with Crippen LogP contribution in [0.2, 0.25) is 0 Å². The first-order chi connectivity index (χ1) is 7.04. The molecule has 0 spiro atoms. The molecule has 2 rings (SSSR count). The van der Waals surface area contributed by atoms with Gasteiger partial charge in [0, 0.05) is 6.42 Å². The van der Waals surface area contributed by atoms with Crippen LogP contribution in [0, 0.1) is 0 Å². The molecule has 0 bridgehead atoms. The van der Waals surface area contributed by atoms with Gasteiger partial charge in [-0.25, -0.2) is 0 Å². The highest BCUT2D eigenvalue weighted by Crippen LogP contribution is 2.25. The predicted molar refractivity (Wildman–Crippen MR) is 55.4 cm³/mol. The fourth-order valence-corrected chi connectivity index (χ4v) is 1.84. The summed E-state index contributed by atoms with van der Waals surface area (Å²) < 4.78 is 32.0. The summed E-state index contributed by atoms with van der Waals surface area (Å²) in [6, 6.07) is 7.10. The van der Waals surface area contributed by atoms with Crippen molar-refractivity contribution in [2.45, 2.75) is 12.5 Å². The van der Waals surface area contributed by atoms with E-state index in [4.69, 9.17) is 8.92 Å². The lowest BCUT2D eigenvalue weighted by atomic mass is 10.1. The van der Waals surface area contributed by atoms with Crippen molar-refractivity contribution in [2.24, 2.45) is 0 Å². The van der Waals surface area contributed by atoms with Gasteiger partial charge in [-0.2, -0.15) is 8.42 Å². The van der Waals surface area contributed by atoms with E-state index in [0.29, 0.717) is 12.2 Å². The molecule has 0 amide bonds. The molecule has 1 aliphatic rings. The monoisotopic (exact) mass is 228 g/mol. The molecule has 82 valence electrons. The first kappa shape index (κ1) is 10.4. The molecule has 5 heteroatoms. The van der Waals surface area contributed by atoms with Gasteiger partial charge in [-0.15, -0.1) is 0 Å². The van der Waals surface area contributed by atoms with Crippen molar-refractivity contribution in [3.05, 3.63) is 29.8 Å². The van der Waals surface area contributed by atoms with E-state index in [1.54, 1.807) is 12.1 Å². The van der Waals surface area contributed by atoms with E-state index >= 15 is 0 Å². The minimum atomic E-state index is -3.46. The fourth-order valence-electron chi connectivity index (χ4n) is 1.35. The lowest BCUT2D eigenvalue weighted by Gasteiger charge is -2.07. The van der Waals surface area contributed by atoms with Crippen LogP contribution in [0.25, 0.3) is 0 Å². The van der Waals surface area contributed by atoms with Crippen LogP contribution in [0.4, 0.5) is 0 Å². The summed E-state index contributed by atoms with van der Waals surface area (Å²) in [6.45, 7) is 0.743. The summed E-state index contributed by atoms with van der Waals surface area (Å²) in [5, 5.41) is 0. The molecule has 1 aromatic rings. The Labute approximate surface area is 88.9 Å². The van der Waals surface area contributed by atoms with Crippen molar-refractivity contribution in [3.8, 4) is 5.75 Å². The minimum Gasteiger partial charge on any atom is -0.382 e. The Morgan fingerprint density at radius 1 is 1.47 bits per heavy atom. The smallest absolute Gasteiger partial charge is 0.306 e. The molecule has 1 aliphatic heterocycles. The largest absolute Gasteiger partial charge is 0.382 e. The molecule has 1 heterocycles. The Hall–Kier alpha value is -1.07. The summed E-state index contributed by atoms with van der Waals surface area (Å²) in [6.07, 6.45) is 1.96. The molecular weight excluding hydrogens is 216 g/mol. The predicted octanol–water partition coefficient (Wildman–Crippen LogP) is 0.966. The van der Waals surface area contributed by atoms with Crippen LogP contribution in [0.15, 0.2) is 24.3 Å². The van der Waals surface area contributed by atoms with Crippen LogP contribution in [-0.2, 0) is 21.3 Å². The third kappa shape index (κ3) is 3.21. The van der Waals surface area contributed by atoms with Crippen LogP contribution < -0.4 is 4.18 Å². The quantitative estimate of drug-likeness (QED) is 0.569. The molecule has 4 nitrogen and oxygen atoms in total. The second-order valence-corrected chi connectivity index (χ2v) is 5.13. The van der Waals surface area contributed by atoms with Crippen LogP contribution in [0.5, 0.6) is 5.75 Å². The van der Waals surface area contributed by atoms with Gasteiger partial charge in [-0.1, -0.05) is 18.2 Å². The number of benzene rings is 1. The van der Waals surface area contributed by atoms with Crippen molar-refractivity contribution < 1.29 is 17.3 Å². The normalized spacial score (nSPS) is 19.9. The van der Waals surface area contributed by atoms with Crippen molar-refractivity contribution in [1.29, 1.82) is 0 Å². The molecule has 0 aromatic heterocycles. The highest BCUT2D eigenvalue weighted by atomic mass is 32.2. The molecule has 0 saturated carbocycles. The number of para-hydroxylation sites is 1. The van der Waals surface area contributed by atoms with E-state index < -0.39 is 10.1 Å². The Balaban J connectivity index is 2.20. The maximum atomic E-state index is 11.0. The molecular formula is C10H12O4S. The van der Waals surface area contributed by atoms with Gasteiger partial charge < -0.3 is 8.92 Å². The number of hydrogen-bond acceptors (Lipinski definition) is 4. The first-order valence-electron chi connectivity index (χ1n) is 4.63. The van der Waals surface area contributed by atoms with Crippen molar-refractivity contribution >= 4 is 10.1 Å². The summed E-state index contributed by atoms with van der Waals surface area (Å²) >= 11 is 0. The molecule has 0 N–H and O–H groups in total. The summed E-state index contributed by atoms with van der Waals surface area (Å²) in [7, 11) is -3.46. The second-order valence-electron chi connectivity index (χ2n) is 3.55. The summed E-state index contributed by atoms with van der Waals surface area (Å²) in [5.41, 5.74) is 0.866. The fraction of sp³-hybridized carbons (Fsp3) is 0.400. The van der Waals surface area contributed by atoms with Crippen molar-refractivity contribution in [1.82, 2.24) is 0 Å². The zero-order valence-electron chi connectivity index (χ0n) is 8.34. The Morgan fingerprint density at radius 2 is 2.13 bits per heavy atom. The van der Waals surface area contributed by atoms with E-state index in [1.165, 1.54) is 0 Å². The Kier molecular flexibility index (Phi) is 2.67. The Bertz CT molecular complexity index is 448. The van der Waals surface area contributed by atoms with Crippen LogP contribution >= 0.6 is 0 Å². The summed E-state index contributed by atoms with van der Waals surface area (Å²) in [4.78, 5) is 0. The highest BCUT2D eigenvalue weighted by molar-refractivity contribution is 7.86. The van der Waals surface area contributed by atoms with E-state index in [-0.39, 0.29) is 6.10 Å². The zero-order chi connectivity index (χ0) is 10.9. The molecule has 1 fully saturated rings. The van der Waals surface area contributed by atoms with Crippen LogP contribution in [0.3, 0.4) is 0 Å². The SMILES string of the molecule is CS(=O)(=O)Oc1ccccc1CC1CO1. The van der Waals surface area contributed by atoms with E-state index in [2.05, 4.69) is 0 Å². The number of hydrogen-bond donors (Lipinski definition) is 0. The van der Waals surface area contributed by atoms with Crippen molar-refractivity contribution in [2.75, 3.05) is 12.9 Å². The van der Waals surface area contributed by atoms with Crippen LogP contribution in [-0.4, -0.2) is 27.4 Å². The molecule has 1 atom stereocenters. The molecule has 1 saturated heterocycles. The number of rotatable bonds is 4. The lowest BCUT2D eigenvalue weighted by molar-refractivity contribution is 0.405. The zero-order valence-corrected chi connectivity index (χ0v) is 9.16. The number of epoxide rings is 1. The van der Waals surface area contributed by atoms with Gasteiger partial charge in [0.1, 0.15) is 5.75 Å². The van der Waals surface area contributed by atoms with Gasteiger partial charge >= 0.3 is 10.1 Å². The lowest BCUT2D eigenvalue weighted by Crippen LogP contribution is -2.08. The van der Waals surface area contributed by atoms with E-state index in [0.717, 1.165) is 18.4 Å². The third-order valence-corrected chi connectivity index (χ3v) is 2.55. The first-order valence-corrected chi connectivity index (χ1v) is 6.45. The highest BCUT2D eigenvalue weighted by Gasteiger charge is 2.24. The molecule has 15 heavy (non-hydrogen) atoms. The van der Waals surface area contributed by atoms with Gasteiger partial charge in [0.15, 0.2) is 0 Å². The third-order valence-electron chi connectivity index (χ3n) is 2.06. The van der Waals surface area contributed by atoms with E-state index in [1.807, 2.05) is 12.1 Å². The van der Waals surface area contributed by atoms with Gasteiger partial charge in [0.25, 0.3) is 0 Å². The minimum absolute atomic E-state index is 0.217. The van der Waals surface area contributed by atoms with Gasteiger partial charge in [-0.3, -0.25) is 0 Å².